The molecule has 142 valence electrons. The molecule has 1 amide bonds. The molecule has 0 saturated heterocycles. The summed E-state index contributed by atoms with van der Waals surface area (Å²) in [6.07, 6.45) is 0. The first kappa shape index (κ1) is 19.9. The third kappa shape index (κ3) is 4.02. The van der Waals surface area contributed by atoms with Crippen LogP contribution in [-0.2, 0) is 19.7 Å². The molecular weight excluding hydrogens is 360 g/mol. The summed E-state index contributed by atoms with van der Waals surface area (Å²) in [6, 6.07) is 4.36. The SMILES string of the molecule is CC(=O)Nc1nc2cc(C(=O)OCC(C)C)ccc2n1S(=O)(=O)N(C)C. The van der Waals surface area contributed by atoms with Crippen LogP contribution in [0.25, 0.3) is 11.0 Å². The number of hydrogen-bond acceptors (Lipinski definition) is 6. The molecule has 26 heavy (non-hydrogen) atoms. The van der Waals surface area contributed by atoms with Crippen molar-refractivity contribution in [3.63, 3.8) is 0 Å². The second-order valence-electron chi connectivity index (χ2n) is 6.37. The molecule has 0 saturated carbocycles. The summed E-state index contributed by atoms with van der Waals surface area (Å²) in [5.41, 5.74) is 0.737. The maximum atomic E-state index is 12.6. The van der Waals surface area contributed by atoms with E-state index in [1.807, 2.05) is 13.8 Å². The number of esters is 1. The lowest BCUT2D eigenvalue weighted by Crippen LogP contribution is -2.30. The molecule has 0 spiro atoms. The summed E-state index contributed by atoms with van der Waals surface area (Å²) >= 11 is 0. The van der Waals surface area contributed by atoms with Crippen LogP contribution in [0.5, 0.6) is 0 Å². The van der Waals surface area contributed by atoms with Gasteiger partial charge in [-0.3, -0.25) is 10.1 Å². The van der Waals surface area contributed by atoms with E-state index in [-0.39, 0.29) is 35.1 Å². The Morgan fingerprint density at radius 2 is 1.96 bits per heavy atom. The van der Waals surface area contributed by atoms with Crippen molar-refractivity contribution in [2.75, 3.05) is 26.0 Å². The minimum atomic E-state index is -3.93. The fourth-order valence-corrected chi connectivity index (χ4v) is 3.18. The molecule has 0 aliphatic heterocycles. The van der Waals surface area contributed by atoms with Crippen LogP contribution in [0.2, 0.25) is 0 Å². The van der Waals surface area contributed by atoms with Gasteiger partial charge in [0.05, 0.1) is 23.2 Å². The number of carbonyl (C=O) groups excluding carboxylic acids is 2. The largest absolute Gasteiger partial charge is 0.462 e. The zero-order valence-corrected chi connectivity index (χ0v) is 16.1. The van der Waals surface area contributed by atoms with Gasteiger partial charge in [0.2, 0.25) is 11.9 Å². The highest BCUT2D eigenvalue weighted by Crippen LogP contribution is 2.24. The standard InChI is InChI=1S/C16H22N4O5S/c1-10(2)9-25-15(22)12-6-7-14-13(8-12)18-16(17-11(3)21)20(14)26(23,24)19(4)5/h6-8,10H,9H2,1-5H3,(H,17,18,21). The van der Waals surface area contributed by atoms with Crippen molar-refractivity contribution in [1.82, 2.24) is 13.3 Å². The second-order valence-corrected chi connectivity index (χ2v) is 8.36. The quantitative estimate of drug-likeness (QED) is 0.757. The highest BCUT2D eigenvalue weighted by molar-refractivity contribution is 7.87. The Bertz CT molecular complexity index is 947. The van der Waals surface area contributed by atoms with E-state index in [1.165, 1.54) is 39.2 Å². The van der Waals surface area contributed by atoms with E-state index in [2.05, 4.69) is 10.3 Å². The van der Waals surface area contributed by atoms with Gasteiger partial charge in [0.15, 0.2) is 0 Å². The first-order valence-corrected chi connectivity index (χ1v) is 9.34. The summed E-state index contributed by atoms with van der Waals surface area (Å²) in [7, 11) is -1.19. The molecule has 0 bridgehead atoms. The number of nitrogens with zero attached hydrogens (tertiary/aromatic N) is 3. The molecule has 1 aromatic heterocycles. The summed E-state index contributed by atoms with van der Waals surface area (Å²) in [6.45, 7) is 5.37. The highest BCUT2D eigenvalue weighted by Gasteiger charge is 2.25. The Morgan fingerprint density at radius 3 is 2.50 bits per heavy atom. The molecule has 10 heteroatoms. The Morgan fingerprint density at radius 1 is 1.31 bits per heavy atom. The van der Waals surface area contributed by atoms with E-state index in [4.69, 9.17) is 4.74 Å². The number of ether oxygens (including phenoxy) is 1. The van der Waals surface area contributed by atoms with Crippen molar-refractivity contribution in [2.24, 2.45) is 5.92 Å². The Labute approximate surface area is 152 Å². The van der Waals surface area contributed by atoms with Crippen LogP contribution >= 0.6 is 0 Å². The lowest BCUT2D eigenvalue weighted by atomic mass is 10.2. The number of amides is 1. The van der Waals surface area contributed by atoms with Crippen LogP contribution in [-0.4, -0.2) is 54.3 Å². The zero-order chi connectivity index (χ0) is 19.6. The molecule has 1 heterocycles. The smallest absolute Gasteiger partial charge is 0.338 e. The van der Waals surface area contributed by atoms with Crippen molar-refractivity contribution in [2.45, 2.75) is 20.8 Å². The van der Waals surface area contributed by atoms with Gasteiger partial charge in [0, 0.05) is 21.0 Å². The molecule has 0 fully saturated rings. The molecule has 0 unspecified atom stereocenters. The van der Waals surface area contributed by atoms with Gasteiger partial charge in [-0.05, 0) is 24.1 Å². The van der Waals surface area contributed by atoms with Crippen LogP contribution in [0.4, 0.5) is 5.95 Å². The number of aromatic nitrogens is 2. The fraction of sp³-hybridized carbons (Fsp3) is 0.438. The second kappa shape index (κ2) is 7.42. The number of imidazole rings is 1. The lowest BCUT2D eigenvalue weighted by molar-refractivity contribution is -0.114. The zero-order valence-electron chi connectivity index (χ0n) is 15.3. The molecule has 2 rings (SSSR count). The monoisotopic (exact) mass is 382 g/mol. The predicted octanol–water partition coefficient (Wildman–Crippen LogP) is 1.46. The molecule has 1 aromatic carbocycles. The third-order valence-electron chi connectivity index (χ3n) is 3.38. The third-order valence-corrected chi connectivity index (χ3v) is 5.13. The van der Waals surface area contributed by atoms with Crippen LogP contribution < -0.4 is 5.32 Å². The van der Waals surface area contributed by atoms with Crippen LogP contribution in [0.15, 0.2) is 18.2 Å². The average Bonchev–Trinajstić information content (AvgIpc) is 2.88. The van der Waals surface area contributed by atoms with E-state index >= 15 is 0 Å². The maximum absolute atomic E-state index is 12.6. The summed E-state index contributed by atoms with van der Waals surface area (Å²) in [5.74, 6) is -0.939. The van der Waals surface area contributed by atoms with Gasteiger partial charge in [-0.25, -0.2) is 9.78 Å². The molecule has 0 aliphatic rings. The number of fused-ring (bicyclic) bond motifs is 1. The Kier molecular flexibility index (Phi) is 5.67. The van der Waals surface area contributed by atoms with Crippen LogP contribution in [0.1, 0.15) is 31.1 Å². The first-order valence-electron chi connectivity index (χ1n) is 7.94. The number of carbonyl (C=O) groups is 2. The molecule has 0 aliphatic carbocycles. The fourth-order valence-electron chi connectivity index (χ4n) is 2.14. The minimum absolute atomic E-state index is 0.145. The average molecular weight is 382 g/mol. The van der Waals surface area contributed by atoms with Gasteiger partial charge in [-0.1, -0.05) is 13.8 Å². The molecule has 2 aromatic rings. The predicted molar refractivity (Wildman–Crippen MR) is 97.2 cm³/mol. The van der Waals surface area contributed by atoms with Crippen molar-refractivity contribution >= 4 is 39.1 Å². The minimum Gasteiger partial charge on any atom is -0.462 e. The summed E-state index contributed by atoms with van der Waals surface area (Å²) < 4.78 is 32.3. The highest BCUT2D eigenvalue weighted by atomic mass is 32.2. The number of anilines is 1. The van der Waals surface area contributed by atoms with E-state index < -0.39 is 22.1 Å². The summed E-state index contributed by atoms with van der Waals surface area (Å²) in [5, 5.41) is 2.40. The van der Waals surface area contributed by atoms with Gasteiger partial charge in [0.25, 0.3) is 0 Å². The molecule has 0 radical (unpaired) electrons. The van der Waals surface area contributed by atoms with Crippen molar-refractivity contribution in [1.29, 1.82) is 0 Å². The van der Waals surface area contributed by atoms with Crippen molar-refractivity contribution in [3.05, 3.63) is 23.8 Å². The van der Waals surface area contributed by atoms with E-state index in [1.54, 1.807) is 0 Å². The van der Waals surface area contributed by atoms with E-state index in [0.717, 1.165) is 8.28 Å². The van der Waals surface area contributed by atoms with Crippen LogP contribution in [0, 0.1) is 5.92 Å². The van der Waals surface area contributed by atoms with Crippen LogP contribution in [0.3, 0.4) is 0 Å². The van der Waals surface area contributed by atoms with E-state index in [9.17, 15) is 18.0 Å². The molecule has 9 nitrogen and oxygen atoms in total. The molecule has 1 N–H and O–H groups in total. The van der Waals surface area contributed by atoms with Gasteiger partial charge >= 0.3 is 16.2 Å². The van der Waals surface area contributed by atoms with Gasteiger partial charge in [-0.2, -0.15) is 16.7 Å². The van der Waals surface area contributed by atoms with Gasteiger partial charge in [-0.15, -0.1) is 0 Å². The number of rotatable bonds is 6. The van der Waals surface area contributed by atoms with Gasteiger partial charge < -0.3 is 4.74 Å². The summed E-state index contributed by atoms with van der Waals surface area (Å²) in [4.78, 5) is 27.7. The van der Waals surface area contributed by atoms with Crippen molar-refractivity contribution in [3.8, 4) is 0 Å². The lowest BCUT2D eigenvalue weighted by Gasteiger charge is -2.15. The van der Waals surface area contributed by atoms with Gasteiger partial charge in [0.1, 0.15) is 0 Å². The Balaban J connectivity index is 2.57. The van der Waals surface area contributed by atoms with Crippen molar-refractivity contribution < 1.29 is 22.7 Å². The van der Waals surface area contributed by atoms with E-state index in [0.29, 0.717) is 0 Å². The molecular formula is C16H22N4O5S. The maximum Gasteiger partial charge on any atom is 0.338 e. The number of nitrogens with one attached hydrogen (secondary N) is 1. The number of hydrogen-bond donors (Lipinski definition) is 1. The Hall–Kier alpha value is -2.46. The normalized spacial score (nSPS) is 12.0. The first-order chi connectivity index (χ1) is 12.0. The number of benzene rings is 1. The topological polar surface area (TPSA) is 111 Å². The molecule has 0 atom stereocenters.